The highest BCUT2D eigenvalue weighted by atomic mass is 32.2. The van der Waals surface area contributed by atoms with E-state index in [4.69, 9.17) is 4.55 Å². The summed E-state index contributed by atoms with van der Waals surface area (Å²) in [6, 6.07) is 0. The van der Waals surface area contributed by atoms with Gasteiger partial charge < -0.3 is 0 Å². The van der Waals surface area contributed by atoms with Gasteiger partial charge in [-0.25, -0.2) is 0 Å². The van der Waals surface area contributed by atoms with E-state index in [-0.39, 0.29) is 4.91 Å². The molecule has 3 nitrogen and oxygen atoms in total. The van der Waals surface area contributed by atoms with Crippen molar-refractivity contribution in [2.24, 2.45) is 5.92 Å². The normalized spacial score (nSPS) is 14.1. The topological polar surface area (TPSA) is 54.4 Å². The molecule has 0 spiro atoms. The molecule has 0 unspecified atom stereocenters. The zero-order valence-electron chi connectivity index (χ0n) is 7.03. The van der Waals surface area contributed by atoms with E-state index in [0.29, 0.717) is 12.3 Å². The van der Waals surface area contributed by atoms with Crippen molar-refractivity contribution in [2.75, 3.05) is 0 Å². The van der Waals surface area contributed by atoms with E-state index in [2.05, 4.69) is 0 Å². The number of rotatable bonds is 3. The Morgan fingerprint density at radius 3 is 2.27 bits per heavy atom. The maximum absolute atomic E-state index is 10.4. The van der Waals surface area contributed by atoms with Crippen LogP contribution in [0.2, 0.25) is 0 Å². The first-order valence-corrected chi connectivity index (χ1v) is 4.92. The molecule has 0 bridgehead atoms. The zero-order chi connectivity index (χ0) is 9.07. The van der Waals surface area contributed by atoms with Crippen molar-refractivity contribution < 1.29 is 13.0 Å². The molecule has 4 heteroatoms. The van der Waals surface area contributed by atoms with Crippen molar-refractivity contribution in [2.45, 2.75) is 27.2 Å². The third kappa shape index (κ3) is 4.98. The van der Waals surface area contributed by atoms with E-state index in [1.807, 2.05) is 13.8 Å². The fraction of sp³-hybridized carbons (Fsp3) is 0.714. The standard InChI is InChI=1S/C7H14O3S/c1-6(2)4-5-7(3)11(8,9)10/h5-6H,4H2,1-3H3,(H,8,9,10)/b7-5+. The molecule has 0 saturated heterocycles. The molecule has 11 heavy (non-hydrogen) atoms. The van der Waals surface area contributed by atoms with Crippen LogP contribution in [-0.4, -0.2) is 13.0 Å². The molecule has 0 fully saturated rings. The van der Waals surface area contributed by atoms with E-state index in [1.54, 1.807) is 0 Å². The molecule has 0 aromatic carbocycles. The Balaban J connectivity index is 4.26. The Bertz CT molecular complexity index is 236. The first-order chi connectivity index (χ1) is 4.84. The minimum atomic E-state index is -3.94. The van der Waals surface area contributed by atoms with E-state index >= 15 is 0 Å². The van der Waals surface area contributed by atoms with Gasteiger partial charge >= 0.3 is 0 Å². The van der Waals surface area contributed by atoms with E-state index < -0.39 is 10.1 Å². The maximum Gasteiger partial charge on any atom is 0.290 e. The second-order valence-corrected chi connectivity index (χ2v) is 4.51. The van der Waals surface area contributed by atoms with Crippen LogP contribution in [-0.2, 0) is 10.1 Å². The van der Waals surface area contributed by atoms with Gasteiger partial charge in [0, 0.05) is 0 Å². The lowest BCUT2D eigenvalue weighted by atomic mass is 10.1. The quantitative estimate of drug-likeness (QED) is 0.671. The molecule has 0 aromatic rings. The van der Waals surface area contributed by atoms with Crippen LogP contribution in [0.1, 0.15) is 27.2 Å². The molecule has 0 amide bonds. The summed E-state index contributed by atoms with van der Waals surface area (Å²) in [5, 5.41) is 0. The molecule has 0 atom stereocenters. The minimum absolute atomic E-state index is 0.0335. The summed E-state index contributed by atoms with van der Waals surface area (Å²) in [5.41, 5.74) is 0. The molecule has 0 heterocycles. The molecule has 0 aliphatic carbocycles. The van der Waals surface area contributed by atoms with Crippen molar-refractivity contribution in [3.05, 3.63) is 11.0 Å². The average Bonchev–Trinajstić information content (AvgIpc) is 1.80. The van der Waals surface area contributed by atoms with Crippen LogP contribution in [0.3, 0.4) is 0 Å². The van der Waals surface area contributed by atoms with E-state index in [9.17, 15) is 8.42 Å². The van der Waals surface area contributed by atoms with Crippen LogP contribution in [0.15, 0.2) is 11.0 Å². The lowest BCUT2D eigenvalue weighted by Gasteiger charge is -1.99. The van der Waals surface area contributed by atoms with Crippen molar-refractivity contribution in [3.8, 4) is 0 Å². The highest BCUT2D eigenvalue weighted by Gasteiger charge is 2.06. The van der Waals surface area contributed by atoms with Crippen LogP contribution >= 0.6 is 0 Å². The molecule has 0 radical (unpaired) electrons. The molecule has 0 aliphatic rings. The van der Waals surface area contributed by atoms with Crippen molar-refractivity contribution in [1.82, 2.24) is 0 Å². The van der Waals surface area contributed by atoms with E-state index in [0.717, 1.165) is 0 Å². The van der Waals surface area contributed by atoms with Gasteiger partial charge in [-0.3, -0.25) is 4.55 Å². The third-order valence-electron chi connectivity index (χ3n) is 1.28. The minimum Gasteiger partial charge on any atom is -0.282 e. The molecular weight excluding hydrogens is 164 g/mol. The van der Waals surface area contributed by atoms with Crippen molar-refractivity contribution in [1.29, 1.82) is 0 Å². The Morgan fingerprint density at radius 2 is 2.00 bits per heavy atom. The lowest BCUT2D eigenvalue weighted by molar-refractivity contribution is 0.490. The van der Waals surface area contributed by atoms with Gasteiger partial charge in [0.2, 0.25) is 0 Å². The number of hydrogen-bond acceptors (Lipinski definition) is 2. The number of hydrogen-bond donors (Lipinski definition) is 1. The van der Waals surface area contributed by atoms with E-state index in [1.165, 1.54) is 13.0 Å². The molecule has 1 N–H and O–H groups in total. The van der Waals surface area contributed by atoms with Gasteiger partial charge in [-0.2, -0.15) is 8.42 Å². The van der Waals surface area contributed by atoms with Gasteiger partial charge in [-0.15, -0.1) is 0 Å². The Morgan fingerprint density at radius 1 is 1.55 bits per heavy atom. The SMILES string of the molecule is C/C(=C\CC(C)C)S(=O)(=O)O. The van der Waals surface area contributed by atoms with Crippen molar-refractivity contribution in [3.63, 3.8) is 0 Å². The molecule has 0 aliphatic heterocycles. The van der Waals surface area contributed by atoms with Crippen LogP contribution in [0.4, 0.5) is 0 Å². The molecule has 0 saturated carbocycles. The first-order valence-electron chi connectivity index (χ1n) is 3.48. The number of allylic oxidation sites excluding steroid dienone is 2. The summed E-state index contributed by atoms with van der Waals surface area (Å²) in [4.78, 5) is 0.0335. The maximum atomic E-state index is 10.4. The van der Waals surface area contributed by atoms with Gasteiger partial charge in [-0.1, -0.05) is 19.9 Å². The first kappa shape index (κ1) is 10.7. The lowest BCUT2D eigenvalue weighted by Crippen LogP contribution is -1.98. The van der Waals surface area contributed by atoms with Gasteiger partial charge in [0.05, 0.1) is 4.91 Å². The average molecular weight is 178 g/mol. The summed E-state index contributed by atoms with van der Waals surface area (Å²) < 4.78 is 29.4. The molecule has 0 aromatic heterocycles. The summed E-state index contributed by atoms with van der Waals surface area (Å²) in [5.74, 6) is 0.409. The summed E-state index contributed by atoms with van der Waals surface area (Å²) in [6.07, 6.45) is 2.20. The smallest absolute Gasteiger partial charge is 0.282 e. The Kier molecular flexibility index (Phi) is 3.75. The predicted molar refractivity (Wildman–Crippen MR) is 44.8 cm³/mol. The van der Waals surface area contributed by atoms with Gasteiger partial charge in [0.15, 0.2) is 0 Å². The zero-order valence-corrected chi connectivity index (χ0v) is 7.85. The van der Waals surface area contributed by atoms with Crippen LogP contribution in [0.5, 0.6) is 0 Å². The summed E-state index contributed by atoms with van der Waals surface area (Å²) in [7, 11) is -3.94. The van der Waals surface area contributed by atoms with Crippen molar-refractivity contribution >= 4 is 10.1 Å². The van der Waals surface area contributed by atoms with Crippen LogP contribution in [0.25, 0.3) is 0 Å². The fourth-order valence-electron chi connectivity index (χ4n) is 0.507. The van der Waals surface area contributed by atoms with Crippen LogP contribution < -0.4 is 0 Å². The second kappa shape index (κ2) is 3.88. The molecular formula is C7H14O3S. The highest BCUT2D eigenvalue weighted by molar-refractivity contribution is 7.89. The van der Waals surface area contributed by atoms with Gasteiger partial charge in [-0.05, 0) is 19.3 Å². The third-order valence-corrected chi connectivity index (χ3v) is 2.26. The molecule has 0 rings (SSSR count). The fourth-order valence-corrected chi connectivity index (χ4v) is 0.814. The summed E-state index contributed by atoms with van der Waals surface area (Å²) in [6.45, 7) is 5.35. The molecule has 66 valence electrons. The largest absolute Gasteiger partial charge is 0.290 e. The van der Waals surface area contributed by atoms with Gasteiger partial charge in [0.1, 0.15) is 0 Å². The monoisotopic (exact) mass is 178 g/mol. The Labute approximate surface area is 67.9 Å². The predicted octanol–water partition coefficient (Wildman–Crippen LogP) is 1.82. The highest BCUT2D eigenvalue weighted by Crippen LogP contribution is 2.07. The Hall–Kier alpha value is -0.350. The summed E-state index contributed by atoms with van der Waals surface area (Å²) >= 11 is 0. The van der Waals surface area contributed by atoms with Gasteiger partial charge in [0.25, 0.3) is 10.1 Å². The van der Waals surface area contributed by atoms with Crippen LogP contribution in [0, 0.1) is 5.92 Å². The second-order valence-electron chi connectivity index (χ2n) is 2.92.